The second-order valence-corrected chi connectivity index (χ2v) is 6.81. The van der Waals surface area contributed by atoms with Crippen LogP contribution in [0.5, 0.6) is 0 Å². The smallest absolute Gasteiger partial charge is 0.0445 e. The quantitative estimate of drug-likeness (QED) is 0.344. The molecule has 0 fully saturated rings. The van der Waals surface area contributed by atoms with Crippen molar-refractivity contribution in [1.82, 2.24) is 5.32 Å². The maximum Gasteiger partial charge on any atom is 0.0445 e. The minimum Gasteiger partial charge on any atom is -0.308 e. The summed E-state index contributed by atoms with van der Waals surface area (Å²) in [6.07, 6.45) is 19.0. The van der Waals surface area contributed by atoms with Crippen LogP contribution in [0.15, 0.2) is 48.1 Å². The Morgan fingerprint density at radius 3 is 2.85 bits per heavy atom. The van der Waals surface area contributed by atoms with E-state index < -0.39 is 0 Å². The zero-order valence-corrected chi connectivity index (χ0v) is 15.1. The highest BCUT2D eigenvalue weighted by Gasteiger charge is 2.21. The molecule has 1 N–H and O–H groups in total. The largest absolute Gasteiger partial charge is 0.308 e. The van der Waals surface area contributed by atoms with Crippen LogP contribution in [0.3, 0.4) is 0 Å². The summed E-state index contributed by atoms with van der Waals surface area (Å²) in [5.41, 5.74) is 1.39. The van der Waals surface area contributed by atoms with Crippen LogP contribution in [0.4, 0.5) is 0 Å². The zero-order chi connectivity index (χ0) is 14.8. The molecule has 1 rings (SSSR count). The van der Waals surface area contributed by atoms with Gasteiger partial charge in [-0.25, -0.2) is 0 Å². The lowest BCUT2D eigenvalue weighted by atomic mass is 9.95. The van der Waals surface area contributed by atoms with Gasteiger partial charge in [-0.3, -0.25) is 0 Å². The van der Waals surface area contributed by atoms with E-state index >= 15 is 0 Å². The van der Waals surface area contributed by atoms with Gasteiger partial charge >= 0.3 is 0 Å². The van der Waals surface area contributed by atoms with Gasteiger partial charge in [-0.05, 0) is 24.3 Å². The molecule has 0 saturated heterocycles. The van der Waals surface area contributed by atoms with Crippen molar-refractivity contribution >= 4 is 22.6 Å². The Labute approximate surface area is 138 Å². The second kappa shape index (κ2) is 10.4. The molecule has 0 saturated carbocycles. The minimum absolute atomic E-state index is 0.536. The molecule has 1 aliphatic rings. The molecular weight excluding hydrogens is 357 g/mol. The van der Waals surface area contributed by atoms with E-state index in [9.17, 15) is 0 Å². The highest BCUT2D eigenvalue weighted by atomic mass is 127. The summed E-state index contributed by atoms with van der Waals surface area (Å²) in [5.74, 6) is 0.687. The van der Waals surface area contributed by atoms with Gasteiger partial charge in [0.1, 0.15) is 0 Å². The first kappa shape index (κ1) is 17.7. The van der Waals surface area contributed by atoms with Crippen molar-refractivity contribution in [3.63, 3.8) is 0 Å². The summed E-state index contributed by atoms with van der Waals surface area (Å²) in [6.45, 7) is 7.79. The summed E-state index contributed by atoms with van der Waals surface area (Å²) in [7, 11) is 0. The molecule has 1 nitrogen and oxygen atoms in total. The topological polar surface area (TPSA) is 12.0 Å². The van der Waals surface area contributed by atoms with E-state index in [0.29, 0.717) is 15.9 Å². The molecule has 1 aliphatic carbocycles. The summed E-state index contributed by atoms with van der Waals surface area (Å²) in [5, 5.41) is 3.77. The summed E-state index contributed by atoms with van der Waals surface area (Å²) >= 11 is 2.57. The number of hydrogen-bond acceptors (Lipinski definition) is 1. The maximum absolute atomic E-state index is 3.77. The average molecular weight is 385 g/mol. The van der Waals surface area contributed by atoms with Crippen LogP contribution in [0.25, 0.3) is 0 Å². The van der Waals surface area contributed by atoms with Crippen molar-refractivity contribution in [3.8, 4) is 0 Å². The van der Waals surface area contributed by atoms with E-state index in [1.807, 2.05) is 0 Å². The van der Waals surface area contributed by atoms with E-state index in [1.165, 1.54) is 12.0 Å². The van der Waals surface area contributed by atoms with Crippen LogP contribution in [-0.4, -0.2) is 16.5 Å². The number of allylic oxidation sites excluding steroid dienone is 5. The average Bonchev–Trinajstić information content (AvgIpc) is 2.73. The van der Waals surface area contributed by atoms with Crippen LogP contribution in [0.1, 0.15) is 40.0 Å². The second-order valence-electron chi connectivity index (χ2n) is 5.38. The molecule has 3 atom stereocenters. The van der Waals surface area contributed by atoms with E-state index in [1.54, 1.807) is 0 Å². The molecular formula is C18H28IN. The normalized spacial score (nSPS) is 19.7. The van der Waals surface area contributed by atoms with Crippen molar-refractivity contribution in [2.24, 2.45) is 5.92 Å². The molecule has 112 valence electrons. The van der Waals surface area contributed by atoms with Gasteiger partial charge in [0, 0.05) is 16.5 Å². The first-order chi connectivity index (χ1) is 9.69. The highest BCUT2D eigenvalue weighted by Crippen LogP contribution is 2.19. The minimum atomic E-state index is 0.536. The van der Waals surface area contributed by atoms with Gasteiger partial charge in [0.2, 0.25) is 0 Å². The molecule has 0 radical (unpaired) electrons. The molecule has 0 amide bonds. The molecule has 0 heterocycles. The van der Waals surface area contributed by atoms with Crippen molar-refractivity contribution in [1.29, 1.82) is 0 Å². The molecule has 20 heavy (non-hydrogen) atoms. The van der Waals surface area contributed by atoms with Crippen LogP contribution in [0, 0.1) is 5.92 Å². The monoisotopic (exact) mass is 385 g/mol. The summed E-state index contributed by atoms with van der Waals surface area (Å²) in [4.78, 5) is 0. The van der Waals surface area contributed by atoms with Crippen LogP contribution in [0.2, 0.25) is 0 Å². The summed E-state index contributed by atoms with van der Waals surface area (Å²) in [6, 6.07) is 0.536. The third-order valence-electron chi connectivity index (χ3n) is 3.77. The zero-order valence-electron chi connectivity index (χ0n) is 13.0. The molecule has 0 aromatic carbocycles. The van der Waals surface area contributed by atoms with Crippen molar-refractivity contribution in [2.45, 2.75) is 50.0 Å². The number of halogens is 1. The molecule has 1 unspecified atom stereocenters. The van der Waals surface area contributed by atoms with Crippen molar-refractivity contribution in [3.05, 3.63) is 48.1 Å². The van der Waals surface area contributed by atoms with Gasteiger partial charge < -0.3 is 5.32 Å². The Hall–Kier alpha value is -0.350. The fourth-order valence-electron chi connectivity index (χ4n) is 2.26. The van der Waals surface area contributed by atoms with Gasteiger partial charge in [-0.2, -0.15) is 0 Å². The Morgan fingerprint density at radius 2 is 2.15 bits per heavy atom. The number of hydrogen-bond donors (Lipinski definition) is 1. The van der Waals surface area contributed by atoms with Gasteiger partial charge in [-0.15, -0.1) is 0 Å². The van der Waals surface area contributed by atoms with Crippen LogP contribution >= 0.6 is 22.6 Å². The van der Waals surface area contributed by atoms with Crippen molar-refractivity contribution < 1.29 is 0 Å². The standard InChI is InChI=1S/C18H28IN/c1-4-6-13-17(19)18(15(3)5-2)20-14-16-11-9-7-8-10-12-16/h6-9,11-13,15,17-18,20H,4-5,10,14H2,1-3H3/b13-6-/t15-,17+,18?/m0/s1. The molecule has 2 heteroatoms. The Balaban J connectivity index is 2.60. The van der Waals surface area contributed by atoms with E-state index in [0.717, 1.165) is 19.4 Å². The summed E-state index contributed by atoms with van der Waals surface area (Å²) < 4.78 is 0.552. The first-order valence-corrected chi connectivity index (χ1v) is 8.99. The number of alkyl halides is 1. The lowest BCUT2D eigenvalue weighted by Gasteiger charge is -2.28. The SMILES string of the molecule is CC/C=C\[C@@H](I)C(NCC1=CCC=CC=C1)[C@@H](C)CC. The third kappa shape index (κ3) is 6.40. The van der Waals surface area contributed by atoms with E-state index in [2.05, 4.69) is 91.2 Å². The highest BCUT2D eigenvalue weighted by molar-refractivity contribution is 14.1. The fourth-order valence-corrected chi connectivity index (χ4v) is 3.51. The first-order valence-electron chi connectivity index (χ1n) is 7.75. The van der Waals surface area contributed by atoms with Crippen LogP contribution in [-0.2, 0) is 0 Å². The van der Waals surface area contributed by atoms with Crippen molar-refractivity contribution in [2.75, 3.05) is 6.54 Å². The van der Waals surface area contributed by atoms with Gasteiger partial charge in [0.15, 0.2) is 0 Å². The Morgan fingerprint density at radius 1 is 1.35 bits per heavy atom. The number of rotatable bonds is 8. The Bertz CT molecular complexity index is 379. The molecule has 0 spiro atoms. The fraction of sp³-hybridized carbons (Fsp3) is 0.556. The molecule has 0 aromatic heterocycles. The lowest BCUT2D eigenvalue weighted by molar-refractivity contribution is 0.390. The van der Waals surface area contributed by atoms with Gasteiger partial charge in [0.05, 0.1) is 0 Å². The predicted molar refractivity (Wildman–Crippen MR) is 99.5 cm³/mol. The molecule has 0 aromatic rings. The lowest BCUT2D eigenvalue weighted by Crippen LogP contribution is -2.42. The third-order valence-corrected chi connectivity index (χ3v) is 4.96. The molecule has 0 aliphatic heterocycles. The van der Waals surface area contributed by atoms with Gasteiger partial charge in [-0.1, -0.05) is 92.3 Å². The number of nitrogens with one attached hydrogen (secondary N) is 1. The molecule has 0 bridgehead atoms. The van der Waals surface area contributed by atoms with E-state index in [4.69, 9.17) is 0 Å². The maximum atomic E-state index is 3.77. The van der Waals surface area contributed by atoms with Gasteiger partial charge in [0.25, 0.3) is 0 Å². The van der Waals surface area contributed by atoms with Crippen LogP contribution < -0.4 is 5.32 Å². The van der Waals surface area contributed by atoms with E-state index in [-0.39, 0.29) is 0 Å². The Kier molecular flexibility index (Phi) is 9.19. The predicted octanol–water partition coefficient (Wildman–Crippen LogP) is 5.20.